The van der Waals surface area contributed by atoms with Crippen molar-refractivity contribution in [3.05, 3.63) is 23.8 Å². The number of hydrogen-bond acceptors (Lipinski definition) is 3. The fourth-order valence-corrected chi connectivity index (χ4v) is 2.55. The first kappa shape index (κ1) is 12.0. The Balaban J connectivity index is 2.11. The second kappa shape index (κ2) is 5.75. The highest BCUT2D eigenvalue weighted by molar-refractivity contribution is 5.67. The van der Waals surface area contributed by atoms with Crippen LogP contribution < -0.4 is 0 Å². The van der Waals surface area contributed by atoms with E-state index in [1.807, 2.05) is 0 Å². The van der Waals surface area contributed by atoms with Gasteiger partial charge in [-0.1, -0.05) is 19.3 Å². The lowest BCUT2D eigenvalue weighted by molar-refractivity contribution is -0.136. The molecular formula is C13H18N2O2. The molecule has 92 valence electrons. The SMILES string of the molecule is O=C(O)CCc1cncnc1C1CCCCC1. The number of aromatic nitrogens is 2. The Kier molecular flexibility index (Phi) is 4.07. The van der Waals surface area contributed by atoms with Gasteiger partial charge in [-0.25, -0.2) is 9.97 Å². The molecule has 0 aromatic carbocycles. The van der Waals surface area contributed by atoms with Gasteiger partial charge in [0.1, 0.15) is 6.33 Å². The maximum Gasteiger partial charge on any atom is 0.303 e. The van der Waals surface area contributed by atoms with Crippen LogP contribution in [0.1, 0.15) is 55.7 Å². The smallest absolute Gasteiger partial charge is 0.303 e. The molecule has 0 amide bonds. The summed E-state index contributed by atoms with van der Waals surface area (Å²) < 4.78 is 0. The predicted octanol–water partition coefficient (Wildman–Crippen LogP) is 2.54. The molecule has 4 heteroatoms. The van der Waals surface area contributed by atoms with Gasteiger partial charge in [0.2, 0.25) is 0 Å². The summed E-state index contributed by atoms with van der Waals surface area (Å²) in [5, 5.41) is 8.74. The van der Waals surface area contributed by atoms with Crippen molar-refractivity contribution in [1.29, 1.82) is 0 Å². The van der Waals surface area contributed by atoms with Gasteiger partial charge in [-0.3, -0.25) is 4.79 Å². The number of aryl methyl sites for hydroxylation is 1. The van der Waals surface area contributed by atoms with Crippen molar-refractivity contribution in [2.24, 2.45) is 0 Å². The maximum atomic E-state index is 10.6. The molecule has 0 aliphatic heterocycles. The minimum atomic E-state index is -0.761. The summed E-state index contributed by atoms with van der Waals surface area (Å²) in [6.45, 7) is 0. The zero-order chi connectivity index (χ0) is 12.1. The molecule has 0 spiro atoms. The third-order valence-corrected chi connectivity index (χ3v) is 3.42. The Morgan fingerprint density at radius 2 is 2.12 bits per heavy atom. The number of carboxylic acid groups (broad SMARTS) is 1. The molecule has 1 aliphatic carbocycles. The molecule has 1 aromatic rings. The Labute approximate surface area is 101 Å². The van der Waals surface area contributed by atoms with Crippen LogP contribution in [0.2, 0.25) is 0 Å². The third kappa shape index (κ3) is 3.25. The lowest BCUT2D eigenvalue weighted by Gasteiger charge is -2.22. The van der Waals surface area contributed by atoms with Crippen LogP contribution in [-0.2, 0) is 11.2 Å². The van der Waals surface area contributed by atoms with Gasteiger partial charge in [0.25, 0.3) is 0 Å². The van der Waals surface area contributed by atoms with Crippen LogP contribution in [0, 0.1) is 0 Å². The largest absolute Gasteiger partial charge is 0.481 e. The summed E-state index contributed by atoms with van der Waals surface area (Å²) >= 11 is 0. The molecule has 1 saturated carbocycles. The van der Waals surface area contributed by atoms with E-state index in [4.69, 9.17) is 5.11 Å². The Morgan fingerprint density at radius 3 is 2.82 bits per heavy atom. The van der Waals surface area contributed by atoms with E-state index in [-0.39, 0.29) is 6.42 Å². The van der Waals surface area contributed by atoms with Gasteiger partial charge in [0.05, 0.1) is 5.69 Å². The molecular weight excluding hydrogens is 216 g/mol. The molecule has 0 bridgehead atoms. The molecule has 1 heterocycles. The predicted molar refractivity (Wildman–Crippen MR) is 63.8 cm³/mol. The van der Waals surface area contributed by atoms with Gasteiger partial charge < -0.3 is 5.11 Å². The Hall–Kier alpha value is -1.45. The van der Waals surface area contributed by atoms with E-state index >= 15 is 0 Å². The van der Waals surface area contributed by atoms with Crippen LogP contribution in [0.5, 0.6) is 0 Å². The van der Waals surface area contributed by atoms with E-state index in [0.29, 0.717) is 12.3 Å². The van der Waals surface area contributed by atoms with Crippen LogP contribution in [0.15, 0.2) is 12.5 Å². The second-order valence-electron chi connectivity index (χ2n) is 4.66. The molecule has 0 unspecified atom stereocenters. The molecule has 4 nitrogen and oxygen atoms in total. The van der Waals surface area contributed by atoms with E-state index in [1.54, 1.807) is 12.5 Å². The number of rotatable bonds is 4. The fourth-order valence-electron chi connectivity index (χ4n) is 2.55. The number of carboxylic acids is 1. The van der Waals surface area contributed by atoms with Crippen molar-refractivity contribution in [2.45, 2.75) is 50.9 Å². The van der Waals surface area contributed by atoms with E-state index in [9.17, 15) is 4.79 Å². The molecule has 17 heavy (non-hydrogen) atoms. The molecule has 1 aliphatic rings. The molecule has 2 rings (SSSR count). The van der Waals surface area contributed by atoms with Crippen molar-refractivity contribution in [3.63, 3.8) is 0 Å². The normalized spacial score (nSPS) is 16.9. The Morgan fingerprint density at radius 1 is 1.35 bits per heavy atom. The summed E-state index contributed by atoms with van der Waals surface area (Å²) in [7, 11) is 0. The highest BCUT2D eigenvalue weighted by atomic mass is 16.4. The Bertz CT molecular complexity index is 387. The van der Waals surface area contributed by atoms with Gasteiger partial charge in [0.15, 0.2) is 0 Å². The van der Waals surface area contributed by atoms with Gasteiger partial charge in [-0.05, 0) is 24.8 Å². The monoisotopic (exact) mass is 234 g/mol. The van der Waals surface area contributed by atoms with Gasteiger partial charge in [-0.2, -0.15) is 0 Å². The zero-order valence-electron chi connectivity index (χ0n) is 9.93. The van der Waals surface area contributed by atoms with Crippen molar-refractivity contribution < 1.29 is 9.90 Å². The molecule has 1 fully saturated rings. The topological polar surface area (TPSA) is 63.1 Å². The average Bonchev–Trinajstić information content (AvgIpc) is 2.38. The first-order valence-electron chi connectivity index (χ1n) is 6.28. The quantitative estimate of drug-likeness (QED) is 0.869. The molecule has 1 N–H and O–H groups in total. The second-order valence-corrected chi connectivity index (χ2v) is 4.66. The fraction of sp³-hybridized carbons (Fsp3) is 0.615. The third-order valence-electron chi connectivity index (χ3n) is 3.42. The van der Waals surface area contributed by atoms with Crippen molar-refractivity contribution in [2.75, 3.05) is 0 Å². The molecule has 0 radical (unpaired) electrons. The summed E-state index contributed by atoms with van der Waals surface area (Å²) in [5.74, 6) is -0.251. The summed E-state index contributed by atoms with van der Waals surface area (Å²) in [4.78, 5) is 19.0. The minimum absolute atomic E-state index is 0.160. The van der Waals surface area contributed by atoms with Crippen LogP contribution in [-0.4, -0.2) is 21.0 Å². The number of aliphatic carboxylic acids is 1. The van der Waals surface area contributed by atoms with Crippen LogP contribution in [0.25, 0.3) is 0 Å². The van der Waals surface area contributed by atoms with Crippen molar-refractivity contribution in [3.8, 4) is 0 Å². The van der Waals surface area contributed by atoms with Gasteiger partial charge in [0, 0.05) is 18.5 Å². The molecule has 0 saturated heterocycles. The highest BCUT2D eigenvalue weighted by Crippen LogP contribution is 2.33. The molecule has 0 atom stereocenters. The van der Waals surface area contributed by atoms with E-state index < -0.39 is 5.97 Å². The minimum Gasteiger partial charge on any atom is -0.481 e. The highest BCUT2D eigenvalue weighted by Gasteiger charge is 2.19. The number of hydrogen-bond donors (Lipinski definition) is 1. The summed E-state index contributed by atoms with van der Waals surface area (Å²) in [5.41, 5.74) is 2.10. The number of carbonyl (C=O) groups is 1. The van der Waals surface area contributed by atoms with E-state index in [2.05, 4.69) is 9.97 Å². The average molecular weight is 234 g/mol. The zero-order valence-corrected chi connectivity index (χ0v) is 9.93. The van der Waals surface area contributed by atoms with Gasteiger partial charge in [-0.15, -0.1) is 0 Å². The maximum absolute atomic E-state index is 10.6. The van der Waals surface area contributed by atoms with Crippen LogP contribution in [0.4, 0.5) is 0 Å². The lowest BCUT2D eigenvalue weighted by atomic mass is 9.84. The van der Waals surface area contributed by atoms with Gasteiger partial charge >= 0.3 is 5.97 Å². The summed E-state index contributed by atoms with van der Waals surface area (Å²) in [6, 6.07) is 0. The van der Waals surface area contributed by atoms with Crippen LogP contribution >= 0.6 is 0 Å². The number of nitrogens with zero attached hydrogens (tertiary/aromatic N) is 2. The van der Waals surface area contributed by atoms with Crippen molar-refractivity contribution >= 4 is 5.97 Å². The van der Waals surface area contributed by atoms with Crippen LogP contribution in [0.3, 0.4) is 0 Å². The molecule has 1 aromatic heterocycles. The first-order chi connectivity index (χ1) is 8.27. The lowest BCUT2D eigenvalue weighted by Crippen LogP contribution is -2.11. The first-order valence-corrected chi connectivity index (χ1v) is 6.28. The summed E-state index contributed by atoms with van der Waals surface area (Å²) in [6.07, 6.45) is 10.2. The van der Waals surface area contributed by atoms with Crippen molar-refractivity contribution in [1.82, 2.24) is 9.97 Å². The van der Waals surface area contributed by atoms with E-state index in [0.717, 1.165) is 11.3 Å². The standard InChI is InChI=1S/C13H18N2O2/c16-12(17)7-6-11-8-14-9-15-13(11)10-4-2-1-3-5-10/h8-10H,1-7H2,(H,16,17). The van der Waals surface area contributed by atoms with E-state index in [1.165, 1.54) is 32.1 Å².